The van der Waals surface area contributed by atoms with Gasteiger partial charge < -0.3 is 4.90 Å². The van der Waals surface area contributed by atoms with Gasteiger partial charge in [0.2, 0.25) is 0 Å². The number of hydrogen-bond donors (Lipinski definition) is 0. The molecule has 11 aromatic carbocycles. The van der Waals surface area contributed by atoms with Crippen LogP contribution in [0, 0.1) is 0 Å². The summed E-state index contributed by atoms with van der Waals surface area (Å²) < 4.78 is 2.59. The molecule has 0 fully saturated rings. The van der Waals surface area contributed by atoms with E-state index in [2.05, 4.69) is 254 Å². The molecule has 1 nitrogen and oxygen atoms in total. The molecule has 0 aliphatic carbocycles. The molecule has 300 valence electrons. The van der Waals surface area contributed by atoms with Crippen LogP contribution in [-0.2, 0) is 0 Å². The average Bonchev–Trinajstić information content (AvgIpc) is 3.75. The van der Waals surface area contributed by atoms with Crippen molar-refractivity contribution in [1.82, 2.24) is 0 Å². The molecule has 0 unspecified atom stereocenters. The molecule has 12 rings (SSSR count). The Bertz CT molecular complexity index is 3570. The fraction of sp³-hybridized carbons (Fsp3) is 0. The largest absolute Gasteiger partial charge is 0.310 e. The fourth-order valence-corrected chi connectivity index (χ4v) is 10.7. The minimum atomic E-state index is 1.09. The molecule has 0 aliphatic rings. The van der Waals surface area contributed by atoms with Gasteiger partial charge in [0.15, 0.2) is 0 Å². The zero-order valence-electron chi connectivity index (χ0n) is 35.0. The maximum absolute atomic E-state index is 2.43. The Morgan fingerprint density at radius 2 is 0.672 bits per heavy atom. The van der Waals surface area contributed by atoms with E-state index in [1.165, 1.54) is 97.4 Å². The molecule has 64 heavy (non-hydrogen) atoms. The van der Waals surface area contributed by atoms with E-state index in [0.717, 1.165) is 17.1 Å². The first kappa shape index (κ1) is 37.7. The van der Waals surface area contributed by atoms with Crippen LogP contribution in [0.25, 0.3) is 97.4 Å². The molecule has 0 amide bonds. The molecule has 12 aromatic rings. The minimum absolute atomic E-state index is 1.09. The van der Waals surface area contributed by atoms with Crippen molar-refractivity contribution >= 4 is 70.1 Å². The third-order valence-corrected chi connectivity index (χ3v) is 13.8. The monoisotopic (exact) mass is 831 g/mol. The van der Waals surface area contributed by atoms with Crippen molar-refractivity contribution in [3.05, 3.63) is 249 Å². The van der Waals surface area contributed by atoms with E-state index in [4.69, 9.17) is 0 Å². The predicted molar refractivity (Wildman–Crippen MR) is 276 cm³/mol. The summed E-state index contributed by atoms with van der Waals surface area (Å²) in [6.07, 6.45) is 0. The van der Waals surface area contributed by atoms with E-state index in [9.17, 15) is 0 Å². The van der Waals surface area contributed by atoms with Gasteiger partial charge >= 0.3 is 0 Å². The number of thiophene rings is 1. The fourth-order valence-electron chi connectivity index (χ4n) is 9.62. The Labute approximate surface area is 377 Å². The molecule has 1 aromatic heterocycles. The van der Waals surface area contributed by atoms with Crippen molar-refractivity contribution in [2.45, 2.75) is 0 Å². The molecule has 2 heteroatoms. The summed E-state index contributed by atoms with van der Waals surface area (Å²) in [6, 6.07) is 91.0. The van der Waals surface area contributed by atoms with Crippen molar-refractivity contribution in [2.24, 2.45) is 0 Å². The third-order valence-electron chi connectivity index (χ3n) is 12.6. The maximum atomic E-state index is 2.43. The number of fused-ring (bicyclic) bond motifs is 6. The van der Waals surface area contributed by atoms with E-state index in [1.807, 2.05) is 11.3 Å². The van der Waals surface area contributed by atoms with Crippen molar-refractivity contribution in [2.75, 3.05) is 4.90 Å². The van der Waals surface area contributed by atoms with Crippen LogP contribution in [0.3, 0.4) is 0 Å². The molecular formula is C62H41NS. The number of benzene rings is 11. The van der Waals surface area contributed by atoms with Crippen LogP contribution in [0.15, 0.2) is 249 Å². The second-order valence-electron chi connectivity index (χ2n) is 16.4. The Balaban J connectivity index is 1.05. The van der Waals surface area contributed by atoms with E-state index < -0.39 is 0 Å². The van der Waals surface area contributed by atoms with E-state index in [-0.39, 0.29) is 0 Å². The standard InChI is InChI=1S/C62H41NS/c1-5-17-42(18-6-1)48-37-49(43-19-7-2-8-20-43)39-52(38-48)63(51-34-36-60-57(41-51)55-26-15-16-28-59(55)64-60)50-32-29-44(30-33-50)47-31-35-54-53-25-13-14-27-56(53)61(45-21-9-3-10-22-45)62(58(54)40-47)46-23-11-4-12-24-46/h1-41H. The molecule has 0 aliphatic heterocycles. The van der Waals surface area contributed by atoms with Gasteiger partial charge in [-0.2, -0.15) is 0 Å². The third kappa shape index (κ3) is 6.73. The lowest BCUT2D eigenvalue weighted by molar-refractivity contribution is 1.29. The molecule has 0 saturated carbocycles. The molecule has 0 saturated heterocycles. The normalized spacial score (nSPS) is 11.4. The van der Waals surface area contributed by atoms with Crippen LogP contribution < -0.4 is 4.90 Å². The molecule has 0 bridgehead atoms. The first-order chi connectivity index (χ1) is 31.7. The lowest BCUT2D eigenvalue weighted by Gasteiger charge is -2.27. The number of rotatable bonds is 8. The summed E-state index contributed by atoms with van der Waals surface area (Å²) in [5.41, 5.74) is 15.3. The van der Waals surface area contributed by atoms with Crippen molar-refractivity contribution < 1.29 is 0 Å². The van der Waals surface area contributed by atoms with Crippen molar-refractivity contribution in [1.29, 1.82) is 0 Å². The zero-order valence-corrected chi connectivity index (χ0v) is 35.8. The quantitative estimate of drug-likeness (QED) is 0.138. The molecule has 0 radical (unpaired) electrons. The lowest BCUT2D eigenvalue weighted by Crippen LogP contribution is -2.10. The number of nitrogens with zero attached hydrogens (tertiary/aromatic N) is 1. The first-order valence-corrected chi connectivity index (χ1v) is 22.7. The van der Waals surface area contributed by atoms with Gasteiger partial charge in [-0.15, -0.1) is 11.3 Å². The summed E-state index contributed by atoms with van der Waals surface area (Å²) in [5.74, 6) is 0. The van der Waals surface area contributed by atoms with Gasteiger partial charge in [0.1, 0.15) is 0 Å². The zero-order chi connectivity index (χ0) is 42.4. The van der Waals surface area contributed by atoms with Crippen LogP contribution in [-0.4, -0.2) is 0 Å². The van der Waals surface area contributed by atoms with Crippen LogP contribution in [0.4, 0.5) is 17.1 Å². The Morgan fingerprint density at radius 3 is 1.30 bits per heavy atom. The molecular weight excluding hydrogens is 791 g/mol. The van der Waals surface area contributed by atoms with Gasteiger partial charge in [0, 0.05) is 37.2 Å². The van der Waals surface area contributed by atoms with Crippen LogP contribution in [0.5, 0.6) is 0 Å². The van der Waals surface area contributed by atoms with Gasteiger partial charge in [0.05, 0.1) is 0 Å². The van der Waals surface area contributed by atoms with Crippen molar-refractivity contribution in [3.8, 4) is 55.6 Å². The Hall–Kier alpha value is -8.04. The van der Waals surface area contributed by atoms with E-state index in [1.54, 1.807) is 0 Å². The number of anilines is 3. The predicted octanol–water partition coefficient (Wildman–Crippen LogP) is 18.2. The lowest BCUT2D eigenvalue weighted by atomic mass is 9.84. The SMILES string of the molecule is c1ccc(-c2cc(-c3ccccc3)cc(N(c3ccc(-c4ccc5c(c4)c(-c4ccccc4)c(-c4ccccc4)c4ccccc45)cc3)c3ccc4sc5ccccc5c4c3)c2)cc1. The second kappa shape index (κ2) is 16.0. The molecule has 0 spiro atoms. The Morgan fingerprint density at radius 1 is 0.219 bits per heavy atom. The highest BCUT2D eigenvalue weighted by molar-refractivity contribution is 7.25. The van der Waals surface area contributed by atoms with Gasteiger partial charge in [0.25, 0.3) is 0 Å². The smallest absolute Gasteiger partial charge is 0.0473 e. The highest BCUT2D eigenvalue weighted by Crippen LogP contribution is 2.47. The van der Waals surface area contributed by atoms with Crippen molar-refractivity contribution in [3.63, 3.8) is 0 Å². The van der Waals surface area contributed by atoms with Gasteiger partial charge in [-0.25, -0.2) is 0 Å². The maximum Gasteiger partial charge on any atom is 0.0473 e. The minimum Gasteiger partial charge on any atom is -0.310 e. The molecule has 0 atom stereocenters. The second-order valence-corrected chi connectivity index (χ2v) is 17.5. The van der Waals surface area contributed by atoms with E-state index >= 15 is 0 Å². The van der Waals surface area contributed by atoms with Gasteiger partial charge in [-0.3, -0.25) is 0 Å². The highest BCUT2D eigenvalue weighted by atomic mass is 32.1. The first-order valence-electron chi connectivity index (χ1n) is 21.9. The summed E-state index contributed by atoms with van der Waals surface area (Å²) in [7, 11) is 0. The van der Waals surface area contributed by atoms with E-state index in [0.29, 0.717) is 0 Å². The topological polar surface area (TPSA) is 3.24 Å². The Kier molecular flexibility index (Phi) is 9.43. The summed E-state index contributed by atoms with van der Waals surface area (Å²) >= 11 is 1.85. The highest BCUT2D eigenvalue weighted by Gasteiger charge is 2.20. The number of hydrogen-bond acceptors (Lipinski definition) is 2. The summed E-state index contributed by atoms with van der Waals surface area (Å²) in [4.78, 5) is 2.43. The van der Waals surface area contributed by atoms with Crippen LogP contribution in [0.1, 0.15) is 0 Å². The summed E-state index contributed by atoms with van der Waals surface area (Å²) in [6.45, 7) is 0. The van der Waals surface area contributed by atoms with Gasteiger partial charge in [-0.05, 0) is 138 Å². The summed E-state index contributed by atoms with van der Waals surface area (Å²) in [5, 5.41) is 7.58. The van der Waals surface area contributed by atoms with Crippen LogP contribution >= 0.6 is 11.3 Å². The molecule has 1 heterocycles. The van der Waals surface area contributed by atoms with Gasteiger partial charge in [-0.1, -0.05) is 188 Å². The molecule has 0 N–H and O–H groups in total. The average molecular weight is 832 g/mol. The van der Waals surface area contributed by atoms with Crippen LogP contribution in [0.2, 0.25) is 0 Å².